The van der Waals surface area contributed by atoms with Crippen molar-refractivity contribution in [2.75, 3.05) is 13.2 Å². The minimum atomic E-state index is -0.699. The average molecular weight is 236 g/mol. The zero-order valence-electron chi connectivity index (χ0n) is 7.67. The number of aliphatic hydroxyl groups excluding tert-OH is 1. The maximum absolute atomic E-state index is 9.23. The van der Waals surface area contributed by atoms with Crippen LogP contribution in [0.5, 0.6) is 0 Å². The monoisotopic (exact) mass is 235 g/mol. The Balaban J connectivity index is 3.29. The molecule has 1 heterocycles. The minimum absolute atomic E-state index is 0.156. The lowest BCUT2D eigenvalue weighted by Crippen LogP contribution is -2.36. The van der Waals surface area contributed by atoms with Crippen molar-refractivity contribution in [3.8, 4) is 0 Å². The van der Waals surface area contributed by atoms with Crippen molar-refractivity contribution >= 4 is 23.2 Å². The fraction of sp³-hybridized carbons (Fsp3) is 0.500. The maximum atomic E-state index is 9.23. The normalized spacial score (nSPS) is 15.2. The van der Waals surface area contributed by atoms with Gasteiger partial charge in [-0.1, -0.05) is 30.1 Å². The van der Waals surface area contributed by atoms with Gasteiger partial charge in [-0.3, -0.25) is 0 Å². The van der Waals surface area contributed by atoms with E-state index in [9.17, 15) is 5.11 Å². The SMILES string of the molecule is CC(CN)(CO)c1c(Cl)ncnc1Cl. The topological polar surface area (TPSA) is 72.0 Å². The number of nitrogens with two attached hydrogens (primary N) is 1. The Labute approximate surface area is 92.1 Å². The second-order valence-electron chi connectivity index (χ2n) is 3.25. The summed E-state index contributed by atoms with van der Waals surface area (Å²) in [4.78, 5) is 7.61. The van der Waals surface area contributed by atoms with Crippen LogP contribution in [0, 0.1) is 0 Å². The summed E-state index contributed by atoms with van der Waals surface area (Å²) in [5.41, 5.74) is 5.35. The Morgan fingerprint density at radius 2 is 1.93 bits per heavy atom. The molecule has 4 nitrogen and oxygen atoms in total. The van der Waals surface area contributed by atoms with Crippen LogP contribution in [-0.2, 0) is 5.41 Å². The summed E-state index contributed by atoms with van der Waals surface area (Å²) in [7, 11) is 0. The number of rotatable bonds is 3. The number of halogens is 2. The smallest absolute Gasteiger partial charge is 0.137 e. The number of hydrogen-bond donors (Lipinski definition) is 2. The third-order valence-corrected chi connectivity index (χ3v) is 2.73. The lowest BCUT2D eigenvalue weighted by atomic mass is 9.85. The van der Waals surface area contributed by atoms with Gasteiger partial charge in [0.1, 0.15) is 16.6 Å². The van der Waals surface area contributed by atoms with Crippen LogP contribution in [0.1, 0.15) is 12.5 Å². The van der Waals surface area contributed by atoms with Gasteiger partial charge in [-0.05, 0) is 0 Å². The fourth-order valence-electron chi connectivity index (χ4n) is 1.09. The van der Waals surface area contributed by atoms with Crippen molar-refractivity contribution in [2.24, 2.45) is 5.73 Å². The zero-order chi connectivity index (χ0) is 10.8. The predicted molar refractivity (Wildman–Crippen MR) is 55.5 cm³/mol. The van der Waals surface area contributed by atoms with Gasteiger partial charge in [0, 0.05) is 17.5 Å². The third kappa shape index (κ3) is 1.98. The van der Waals surface area contributed by atoms with Gasteiger partial charge in [0.05, 0.1) is 6.61 Å². The molecule has 0 spiro atoms. The Morgan fingerprint density at radius 1 is 1.43 bits per heavy atom. The molecule has 0 saturated carbocycles. The Morgan fingerprint density at radius 3 is 2.29 bits per heavy atom. The van der Waals surface area contributed by atoms with E-state index in [1.807, 2.05) is 0 Å². The first-order chi connectivity index (χ1) is 6.55. The van der Waals surface area contributed by atoms with Crippen molar-refractivity contribution in [2.45, 2.75) is 12.3 Å². The lowest BCUT2D eigenvalue weighted by molar-refractivity contribution is 0.210. The molecule has 1 aromatic heterocycles. The highest BCUT2D eigenvalue weighted by Crippen LogP contribution is 2.32. The van der Waals surface area contributed by atoms with E-state index in [1.165, 1.54) is 6.33 Å². The van der Waals surface area contributed by atoms with E-state index in [2.05, 4.69) is 9.97 Å². The molecule has 1 aromatic rings. The molecule has 0 aliphatic rings. The molecule has 6 heteroatoms. The molecule has 0 amide bonds. The highest BCUT2D eigenvalue weighted by atomic mass is 35.5. The molecule has 0 aliphatic heterocycles. The predicted octanol–water partition coefficient (Wildman–Crippen LogP) is 0.992. The summed E-state index contributed by atoms with van der Waals surface area (Å²) in [6, 6.07) is 0. The molecule has 1 unspecified atom stereocenters. The van der Waals surface area contributed by atoms with Gasteiger partial charge in [-0.15, -0.1) is 0 Å². The van der Waals surface area contributed by atoms with Crippen molar-refractivity contribution < 1.29 is 5.11 Å². The first-order valence-corrected chi connectivity index (χ1v) is 4.78. The van der Waals surface area contributed by atoms with Crippen LogP contribution in [-0.4, -0.2) is 28.2 Å². The third-order valence-electron chi connectivity index (χ3n) is 2.16. The second kappa shape index (κ2) is 4.40. The largest absolute Gasteiger partial charge is 0.395 e. The van der Waals surface area contributed by atoms with E-state index in [4.69, 9.17) is 28.9 Å². The maximum Gasteiger partial charge on any atom is 0.137 e. The number of nitrogens with zero attached hydrogens (tertiary/aromatic N) is 2. The summed E-state index contributed by atoms with van der Waals surface area (Å²) in [5.74, 6) is 0. The standard InChI is InChI=1S/C8H11Cl2N3O/c1-8(2-11,3-14)5-6(9)12-4-13-7(5)10/h4,14H,2-3,11H2,1H3. The fourth-order valence-corrected chi connectivity index (χ4v) is 1.86. The lowest BCUT2D eigenvalue weighted by Gasteiger charge is -2.26. The van der Waals surface area contributed by atoms with Crippen molar-refractivity contribution in [1.82, 2.24) is 9.97 Å². The van der Waals surface area contributed by atoms with E-state index in [0.717, 1.165) is 0 Å². The molecule has 1 rings (SSSR count). The van der Waals surface area contributed by atoms with Gasteiger partial charge in [0.15, 0.2) is 0 Å². The van der Waals surface area contributed by atoms with Gasteiger partial charge in [0.25, 0.3) is 0 Å². The van der Waals surface area contributed by atoms with Gasteiger partial charge in [-0.2, -0.15) is 0 Å². The number of aliphatic hydroxyl groups is 1. The van der Waals surface area contributed by atoms with Crippen LogP contribution in [0.15, 0.2) is 6.33 Å². The van der Waals surface area contributed by atoms with Crippen LogP contribution in [0.3, 0.4) is 0 Å². The Kier molecular flexibility index (Phi) is 3.66. The van der Waals surface area contributed by atoms with Crippen LogP contribution in [0.4, 0.5) is 0 Å². The van der Waals surface area contributed by atoms with Crippen LogP contribution < -0.4 is 5.73 Å². The molecule has 14 heavy (non-hydrogen) atoms. The van der Waals surface area contributed by atoms with E-state index in [-0.39, 0.29) is 23.5 Å². The molecule has 1 atom stereocenters. The van der Waals surface area contributed by atoms with Gasteiger partial charge in [0.2, 0.25) is 0 Å². The summed E-state index contributed by atoms with van der Waals surface area (Å²) in [6.45, 7) is 1.82. The Hall–Kier alpha value is -0.420. The van der Waals surface area contributed by atoms with Crippen molar-refractivity contribution in [3.63, 3.8) is 0 Å². The zero-order valence-corrected chi connectivity index (χ0v) is 9.18. The quantitative estimate of drug-likeness (QED) is 0.767. The number of hydrogen-bond acceptors (Lipinski definition) is 4. The van der Waals surface area contributed by atoms with E-state index >= 15 is 0 Å². The first kappa shape index (κ1) is 11.7. The highest BCUT2D eigenvalue weighted by molar-refractivity contribution is 6.34. The number of aromatic nitrogens is 2. The Bertz CT molecular complexity index is 308. The average Bonchev–Trinajstić information content (AvgIpc) is 2.17. The molecule has 78 valence electrons. The van der Waals surface area contributed by atoms with Crippen molar-refractivity contribution in [3.05, 3.63) is 22.2 Å². The van der Waals surface area contributed by atoms with Crippen LogP contribution >= 0.6 is 23.2 Å². The van der Waals surface area contributed by atoms with Crippen LogP contribution in [0.25, 0.3) is 0 Å². The molecule has 0 saturated heterocycles. The molecule has 0 aliphatic carbocycles. The summed E-state index contributed by atoms with van der Waals surface area (Å²) >= 11 is 11.7. The summed E-state index contributed by atoms with van der Waals surface area (Å²) < 4.78 is 0. The molecular weight excluding hydrogens is 225 g/mol. The van der Waals surface area contributed by atoms with E-state index < -0.39 is 5.41 Å². The molecule has 0 bridgehead atoms. The summed E-state index contributed by atoms with van der Waals surface area (Å²) in [6.07, 6.45) is 1.27. The van der Waals surface area contributed by atoms with E-state index in [0.29, 0.717) is 5.56 Å². The molecule has 0 radical (unpaired) electrons. The minimum Gasteiger partial charge on any atom is -0.395 e. The van der Waals surface area contributed by atoms with Gasteiger partial charge < -0.3 is 10.8 Å². The summed E-state index contributed by atoms with van der Waals surface area (Å²) in [5, 5.41) is 9.69. The molecular formula is C8H11Cl2N3O. The van der Waals surface area contributed by atoms with Gasteiger partial charge >= 0.3 is 0 Å². The van der Waals surface area contributed by atoms with Crippen molar-refractivity contribution in [1.29, 1.82) is 0 Å². The van der Waals surface area contributed by atoms with Crippen LogP contribution in [0.2, 0.25) is 10.3 Å². The molecule has 0 fully saturated rings. The molecule has 3 N–H and O–H groups in total. The first-order valence-electron chi connectivity index (χ1n) is 4.02. The second-order valence-corrected chi connectivity index (χ2v) is 3.97. The van der Waals surface area contributed by atoms with Gasteiger partial charge in [-0.25, -0.2) is 9.97 Å². The van der Waals surface area contributed by atoms with E-state index in [1.54, 1.807) is 6.92 Å². The highest BCUT2D eigenvalue weighted by Gasteiger charge is 2.30. The molecule has 0 aromatic carbocycles.